The number of aliphatic hydroxyl groups is 1. The molecule has 0 aromatic heterocycles. The highest BCUT2D eigenvalue weighted by atomic mass is 16.3. The van der Waals surface area contributed by atoms with Gasteiger partial charge in [-0.2, -0.15) is 0 Å². The monoisotopic (exact) mass is 199 g/mol. The van der Waals surface area contributed by atoms with Gasteiger partial charge < -0.3 is 5.11 Å². The molecule has 0 aromatic carbocycles. The van der Waals surface area contributed by atoms with E-state index in [2.05, 4.69) is 32.7 Å². The van der Waals surface area contributed by atoms with Crippen LogP contribution in [0.1, 0.15) is 46.5 Å². The van der Waals surface area contributed by atoms with Gasteiger partial charge in [0.05, 0.1) is 6.10 Å². The molecule has 3 atom stereocenters. The molecule has 0 amide bonds. The Morgan fingerprint density at radius 2 is 1.71 bits per heavy atom. The van der Waals surface area contributed by atoms with Crippen LogP contribution in [0.25, 0.3) is 0 Å². The largest absolute Gasteiger partial charge is 0.391 e. The van der Waals surface area contributed by atoms with E-state index in [1.165, 1.54) is 12.8 Å². The predicted octanol–water partition coefficient (Wildman–Crippen LogP) is 2.27. The number of rotatable bonds is 3. The van der Waals surface area contributed by atoms with Crippen molar-refractivity contribution in [2.24, 2.45) is 5.92 Å². The van der Waals surface area contributed by atoms with E-state index in [-0.39, 0.29) is 6.10 Å². The summed E-state index contributed by atoms with van der Waals surface area (Å²) in [5, 5.41) is 9.93. The summed E-state index contributed by atoms with van der Waals surface area (Å²) in [5.41, 5.74) is 0. The summed E-state index contributed by atoms with van der Waals surface area (Å²) in [5.74, 6) is 0.661. The third-order valence-electron chi connectivity index (χ3n) is 3.82. The van der Waals surface area contributed by atoms with Crippen molar-refractivity contribution < 1.29 is 5.11 Å². The first kappa shape index (κ1) is 12.0. The fourth-order valence-electron chi connectivity index (χ4n) is 2.34. The quantitative estimate of drug-likeness (QED) is 0.753. The second-order valence-corrected chi connectivity index (χ2v) is 5.07. The van der Waals surface area contributed by atoms with Gasteiger partial charge in [-0.1, -0.05) is 26.7 Å². The first-order chi connectivity index (χ1) is 6.54. The van der Waals surface area contributed by atoms with Crippen molar-refractivity contribution >= 4 is 0 Å². The number of hydrogen-bond donors (Lipinski definition) is 1. The zero-order valence-corrected chi connectivity index (χ0v) is 10.0. The topological polar surface area (TPSA) is 23.5 Å². The van der Waals surface area contributed by atoms with Crippen LogP contribution in [0, 0.1) is 5.92 Å². The maximum atomic E-state index is 9.93. The second kappa shape index (κ2) is 5.13. The molecule has 1 aliphatic rings. The lowest BCUT2D eigenvalue weighted by molar-refractivity contribution is 0.00724. The van der Waals surface area contributed by atoms with Gasteiger partial charge in [0.1, 0.15) is 0 Å². The van der Waals surface area contributed by atoms with E-state index in [1.807, 2.05) is 0 Å². The van der Waals surface area contributed by atoms with Crippen LogP contribution >= 0.6 is 0 Å². The van der Waals surface area contributed by atoms with E-state index in [1.54, 1.807) is 0 Å². The lowest BCUT2D eigenvalue weighted by atomic mass is 9.89. The Balaban J connectivity index is 2.53. The van der Waals surface area contributed by atoms with Crippen LogP contribution in [0.5, 0.6) is 0 Å². The zero-order chi connectivity index (χ0) is 10.7. The van der Waals surface area contributed by atoms with E-state index < -0.39 is 0 Å². The van der Waals surface area contributed by atoms with E-state index in [0.29, 0.717) is 18.0 Å². The molecule has 1 N–H and O–H groups in total. The molecule has 0 aromatic rings. The van der Waals surface area contributed by atoms with Gasteiger partial charge in [-0.3, -0.25) is 4.90 Å². The van der Waals surface area contributed by atoms with E-state index in [4.69, 9.17) is 0 Å². The Hall–Kier alpha value is -0.0800. The van der Waals surface area contributed by atoms with E-state index in [0.717, 1.165) is 12.8 Å². The van der Waals surface area contributed by atoms with E-state index in [9.17, 15) is 5.11 Å². The van der Waals surface area contributed by atoms with Crippen LogP contribution in [0.3, 0.4) is 0 Å². The molecule has 1 aliphatic carbocycles. The Bertz CT molecular complexity index is 170. The van der Waals surface area contributed by atoms with Crippen LogP contribution in [-0.4, -0.2) is 35.2 Å². The van der Waals surface area contributed by atoms with E-state index >= 15 is 0 Å². The molecule has 0 heterocycles. The lowest BCUT2D eigenvalue weighted by Crippen LogP contribution is -2.48. The van der Waals surface area contributed by atoms with Gasteiger partial charge in [0, 0.05) is 12.1 Å². The third-order valence-corrected chi connectivity index (χ3v) is 3.82. The summed E-state index contributed by atoms with van der Waals surface area (Å²) in [4.78, 5) is 2.37. The average molecular weight is 199 g/mol. The smallest absolute Gasteiger partial charge is 0.0695 e. The molecule has 2 heteroatoms. The second-order valence-electron chi connectivity index (χ2n) is 5.07. The highest BCUT2D eigenvalue weighted by Gasteiger charge is 2.29. The van der Waals surface area contributed by atoms with Crippen molar-refractivity contribution in [3.63, 3.8) is 0 Å². The first-order valence-corrected chi connectivity index (χ1v) is 5.94. The summed E-state index contributed by atoms with van der Waals surface area (Å²) in [6.45, 7) is 6.75. The molecule has 0 spiro atoms. The highest BCUT2D eigenvalue weighted by molar-refractivity contribution is 4.84. The summed E-state index contributed by atoms with van der Waals surface area (Å²) < 4.78 is 0. The Kier molecular flexibility index (Phi) is 4.39. The Morgan fingerprint density at radius 1 is 1.14 bits per heavy atom. The number of nitrogens with zero attached hydrogens (tertiary/aromatic N) is 1. The molecule has 0 aliphatic heterocycles. The molecule has 0 bridgehead atoms. The predicted molar refractivity (Wildman–Crippen MR) is 60.3 cm³/mol. The van der Waals surface area contributed by atoms with Gasteiger partial charge in [0.25, 0.3) is 0 Å². The van der Waals surface area contributed by atoms with Crippen molar-refractivity contribution in [3.8, 4) is 0 Å². The minimum absolute atomic E-state index is 0.102. The van der Waals surface area contributed by atoms with Crippen LogP contribution in [0.15, 0.2) is 0 Å². The fraction of sp³-hybridized carbons (Fsp3) is 1.00. The standard InChI is InChI=1S/C12H25NO/c1-9(2)10(3)13(4)11-7-5-6-8-12(11)14/h9-12,14H,5-8H2,1-4H3/t10?,11-,12-/m1/s1. The minimum atomic E-state index is -0.102. The third kappa shape index (κ3) is 2.71. The molecule has 2 nitrogen and oxygen atoms in total. The highest BCUT2D eigenvalue weighted by Crippen LogP contribution is 2.25. The van der Waals surface area contributed by atoms with Gasteiger partial charge in [-0.25, -0.2) is 0 Å². The maximum Gasteiger partial charge on any atom is 0.0695 e. The fourth-order valence-corrected chi connectivity index (χ4v) is 2.34. The van der Waals surface area contributed by atoms with Gasteiger partial charge in [-0.15, -0.1) is 0 Å². The Labute approximate surface area is 88.3 Å². The molecule has 14 heavy (non-hydrogen) atoms. The number of likely N-dealkylation sites (N-methyl/N-ethyl adjacent to an activating group) is 1. The first-order valence-electron chi connectivity index (χ1n) is 5.94. The van der Waals surface area contributed by atoms with Gasteiger partial charge >= 0.3 is 0 Å². The molecule has 84 valence electrons. The minimum Gasteiger partial charge on any atom is -0.391 e. The van der Waals surface area contributed by atoms with Crippen molar-refractivity contribution in [1.82, 2.24) is 4.90 Å². The van der Waals surface area contributed by atoms with Gasteiger partial charge in [-0.05, 0) is 32.7 Å². The molecule has 1 rings (SSSR count). The zero-order valence-electron chi connectivity index (χ0n) is 10.0. The molecule has 1 unspecified atom stereocenters. The summed E-state index contributed by atoms with van der Waals surface area (Å²) in [7, 11) is 2.16. The van der Waals surface area contributed by atoms with Crippen molar-refractivity contribution in [2.45, 2.75) is 64.6 Å². The molecule has 1 saturated carbocycles. The summed E-state index contributed by atoms with van der Waals surface area (Å²) in [6, 6.07) is 0.953. The molecule has 0 radical (unpaired) electrons. The SMILES string of the molecule is CC(C)C(C)N(C)[C@@H]1CCCC[C@H]1O. The van der Waals surface area contributed by atoms with Crippen molar-refractivity contribution in [1.29, 1.82) is 0 Å². The van der Waals surface area contributed by atoms with Crippen molar-refractivity contribution in [2.75, 3.05) is 7.05 Å². The summed E-state index contributed by atoms with van der Waals surface area (Å²) >= 11 is 0. The number of hydrogen-bond acceptors (Lipinski definition) is 2. The van der Waals surface area contributed by atoms with Gasteiger partial charge in [0.2, 0.25) is 0 Å². The average Bonchev–Trinajstić information content (AvgIpc) is 2.16. The van der Waals surface area contributed by atoms with Crippen LogP contribution in [0.2, 0.25) is 0 Å². The van der Waals surface area contributed by atoms with Crippen LogP contribution in [0.4, 0.5) is 0 Å². The van der Waals surface area contributed by atoms with Crippen molar-refractivity contribution in [3.05, 3.63) is 0 Å². The van der Waals surface area contributed by atoms with Gasteiger partial charge in [0.15, 0.2) is 0 Å². The normalized spacial score (nSPS) is 31.1. The Morgan fingerprint density at radius 3 is 2.21 bits per heavy atom. The maximum absolute atomic E-state index is 9.93. The number of aliphatic hydroxyl groups excluding tert-OH is 1. The molecular weight excluding hydrogens is 174 g/mol. The molecular formula is C12H25NO. The van der Waals surface area contributed by atoms with Crippen LogP contribution < -0.4 is 0 Å². The molecule has 1 fully saturated rings. The lowest BCUT2D eigenvalue weighted by Gasteiger charge is -2.40. The summed E-state index contributed by atoms with van der Waals surface area (Å²) in [6.07, 6.45) is 4.52. The molecule has 0 saturated heterocycles. The van der Waals surface area contributed by atoms with Crippen LogP contribution in [-0.2, 0) is 0 Å².